The van der Waals surface area contributed by atoms with Crippen molar-refractivity contribution in [2.24, 2.45) is 0 Å². The number of aromatic nitrogens is 4. The molecule has 9 nitrogen and oxygen atoms in total. The Bertz CT molecular complexity index is 2220. The molecule has 0 aliphatic rings. The van der Waals surface area contributed by atoms with Crippen LogP contribution in [-0.4, -0.2) is 40.1 Å². The zero-order valence-corrected chi connectivity index (χ0v) is 25.6. The predicted molar refractivity (Wildman–Crippen MR) is 164 cm³/mol. The Morgan fingerprint density at radius 2 is 1.47 bits per heavy atom. The first kappa shape index (κ1) is 30.3. The van der Waals surface area contributed by atoms with E-state index >= 15 is 0 Å². The number of hydrogen-bond donors (Lipinski definition) is 0. The Morgan fingerprint density at radius 1 is 0.756 bits per heavy atom. The molecule has 0 aliphatic heterocycles. The van der Waals surface area contributed by atoms with Crippen molar-refractivity contribution in [2.45, 2.75) is 36.3 Å². The third-order valence-electron chi connectivity index (χ3n) is 7.33. The number of benzene rings is 4. The van der Waals surface area contributed by atoms with Crippen LogP contribution in [0, 0.1) is 18.6 Å². The zero-order valence-electron chi connectivity index (χ0n) is 24.0. The van der Waals surface area contributed by atoms with Gasteiger partial charge in [-0.2, -0.15) is 4.31 Å². The molecule has 0 spiro atoms. The summed E-state index contributed by atoms with van der Waals surface area (Å²) in [6.07, 6.45) is 2.90. The lowest BCUT2D eigenvalue weighted by Gasteiger charge is -2.21. The molecule has 0 unspecified atom stereocenters. The van der Waals surface area contributed by atoms with Gasteiger partial charge in [-0.15, -0.1) is 5.10 Å². The summed E-state index contributed by atoms with van der Waals surface area (Å²) >= 11 is 0. The molecule has 0 bridgehead atoms. The Morgan fingerprint density at radius 3 is 2.22 bits per heavy atom. The first-order chi connectivity index (χ1) is 21.5. The van der Waals surface area contributed by atoms with E-state index in [0.717, 1.165) is 27.7 Å². The number of nitrogens with zero attached hydrogens (tertiary/aromatic N) is 5. The Hall–Kier alpha value is -4.72. The van der Waals surface area contributed by atoms with Crippen LogP contribution in [0.5, 0.6) is 0 Å². The van der Waals surface area contributed by atoms with Gasteiger partial charge < -0.3 is 0 Å². The summed E-state index contributed by atoms with van der Waals surface area (Å²) in [6.45, 7) is 1.30. The van der Waals surface area contributed by atoms with Gasteiger partial charge in [0.05, 0.1) is 40.3 Å². The van der Waals surface area contributed by atoms with Crippen molar-refractivity contribution in [1.29, 1.82) is 0 Å². The second kappa shape index (κ2) is 12.0. The third-order valence-corrected chi connectivity index (χ3v) is 10.8. The van der Waals surface area contributed by atoms with Crippen molar-refractivity contribution in [3.05, 3.63) is 143 Å². The first-order valence-electron chi connectivity index (χ1n) is 13.8. The molecular formula is C32H27F2N5O4S2. The highest BCUT2D eigenvalue weighted by Gasteiger charge is 2.29. The molecule has 0 radical (unpaired) electrons. The van der Waals surface area contributed by atoms with Gasteiger partial charge in [0.15, 0.2) is 0 Å². The van der Waals surface area contributed by atoms with E-state index in [1.807, 2.05) is 6.92 Å². The fourth-order valence-electron chi connectivity index (χ4n) is 5.03. The molecule has 230 valence electrons. The highest BCUT2D eigenvalue weighted by atomic mass is 32.2. The Labute approximate surface area is 259 Å². The quantitative estimate of drug-likeness (QED) is 0.195. The van der Waals surface area contributed by atoms with E-state index in [4.69, 9.17) is 0 Å². The normalized spacial score (nSPS) is 12.3. The average molecular weight is 648 g/mol. The van der Waals surface area contributed by atoms with E-state index in [-0.39, 0.29) is 40.7 Å². The van der Waals surface area contributed by atoms with Crippen LogP contribution in [0.15, 0.2) is 119 Å². The van der Waals surface area contributed by atoms with E-state index in [1.165, 1.54) is 45.6 Å². The van der Waals surface area contributed by atoms with Crippen LogP contribution in [0.3, 0.4) is 0 Å². The van der Waals surface area contributed by atoms with Crippen molar-refractivity contribution in [3.8, 4) is 0 Å². The molecular weight excluding hydrogens is 621 g/mol. The molecule has 0 atom stereocenters. The van der Waals surface area contributed by atoms with Gasteiger partial charge >= 0.3 is 0 Å². The van der Waals surface area contributed by atoms with Crippen LogP contribution in [0.25, 0.3) is 10.9 Å². The molecule has 2 aromatic heterocycles. The van der Waals surface area contributed by atoms with Gasteiger partial charge in [-0.3, -0.25) is 0 Å². The van der Waals surface area contributed by atoms with Gasteiger partial charge in [-0.1, -0.05) is 59.3 Å². The lowest BCUT2D eigenvalue weighted by atomic mass is 10.2. The molecule has 0 amide bonds. The molecule has 0 saturated carbocycles. The number of sulfonamides is 1. The summed E-state index contributed by atoms with van der Waals surface area (Å²) in [6, 6.07) is 24.3. The number of fused-ring (bicyclic) bond motifs is 1. The number of para-hydroxylation sites is 1. The van der Waals surface area contributed by atoms with Crippen LogP contribution < -0.4 is 0 Å². The largest absolute Gasteiger partial charge is 0.268 e. The minimum absolute atomic E-state index is 0.0444. The fourth-order valence-corrected chi connectivity index (χ4v) is 7.83. The highest BCUT2D eigenvalue weighted by Crippen LogP contribution is 2.29. The lowest BCUT2D eigenvalue weighted by Crippen LogP contribution is -2.30. The van der Waals surface area contributed by atoms with Gasteiger partial charge in [0.1, 0.15) is 11.6 Å². The van der Waals surface area contributed by atoms with Crippen molar-refractivity contribution < 1.29 is 25.6 Å². The predicted octanol–water partition coefficient (Wildman–Crippen LogP) is 5.50. The van der Waals surface area contributed by atoms with Crippen molar-refractivity contribution in [3.63, 3.8) is 0 Å². The lowest BCUT2D eigenvalue weighted by molar-refractivity contribution is 0.397. The maximum atomic E-state index is 14.2. The molecule has 0 aliphatic carbocycles. The number of aryl methyl sites for hydroxylation is 1. The topological polar surface area (TPSA) is 107 Å². The van der Waals surface area contributed by atoms with Crippen LogP contribution >= 0.6 is 0 Å². The Kier molecular flexibility index (Phi) is 8.08. The average Bonchev–Trinajstić information content (AvgIpc) is 3.64. The zero-order chi connectivity index (χ0) is 31.8. The van der Waals surface area contributed by atoms with E-state index < -0.39 is 31.7 Å². The standard InChI is InChI=1S/C32H27F2N5O4S2/c1-23-11-14-29(15-12-23)44(40,41)38(22-27-21-37(36-35-27)18-24-17-26(33)13-16-31(24)34)19-25-20-39(32-10-6-5-9-30(25)32)45(42,43)28-7-3-2-4-8-28/h2-17,20-21H,18-19,22H2,1H3. The van der Waals surface area contributed by atoms with E-state index in [0.29, 0.717) is 16.5 Å². The monoisotopic (exact) mass is 647 g/mol. The van der Waals surface area contributed by atoms with Gasteiger partial charge in [-0.25, -0.2) is 34.3 Å². The fraction of sp³-hybridized carbons (Fsp3) is 0.125. The van der Waals surface area contributed by atoms with Crippen molar-refractivity contribution in [2.75, 3.05) is 0 Å². The van der Waals surface area contributed by atoms with Gasteiger partial charge in [0.25, 0.3) is 10.0 Å². The molecule has 6 aromatic rings. The van der Waals surface area contributed by atoms with Crippen LogP contribution in [0.2, 0.25) is 0 Å². The molecule has 6 rings (SSSR count). The molecule has 4 aromatic carbocycles. The van der Waals surface area contributed by atoms with Gasteiger partial charge in [-0.05, 0) is 61.0 Å². The SMILES string of the molecule is Cc1ccc(S(=O)(=O)N(Cc2cn(Cc3cc(F)ccc3F)nn2)Cc2cn(S(=O)(=O)c3ccccc3)c3ccccc23)cc1. The summed E-state index contributed by atoms with van der Waals surface area (Å²) in [5.74, 6) is -1.21. The molecule has 0 fully saturated rings. The molecule has 45 heavy (non-hydrogen) atoms. The summed E-state index contributed by atoms with van der Waals surface area (Å²) in [7, 11) is -8.13. The van der Waals surface area contributed by atoms with Crippen LogP contribution in [0.1, 0.15) is 22.4 Å². The van der Waals surface area contributed by atoms with Gasteiger partial charge in [0, 0.05) is 23.7 Å². The second-order valence-corrected chi connectivity index (χ2v) is 14.3. The van der Waals surface area contributed by atoms with Crippen LogP contribution in [-0.2, 0) is 39.7 Å². The second-order valence-electron chi connectivity index (χ2n) is 10.5. The van der Waals surface area contributed by atoms with Gasteiger partial charge in [0.2, 0.25) is 10.0 Å². The van der Waals surface area contributed by atoms with Crippen molar-refractivity contribution >= 4 is 30.9 Å². The maximum absolute atomic E-state index is 14.2. The van der Waals surface area contributed by atoms with E-state index in [1.54, 1.807) is 54.6 Å². The summed E-state index contributed by atoms with van der Waals surface area (Å²) in [5.41, 5.74) is 2.04. The summed E-state index contributed by atoms with van der Waals surface area (Å²) < 4.78 is 87.0. The third kappa shape index (κ3) is 6.14. The molecule has 2 heterocycles. The molecule has 13 heteroatoms. The van der Waals surface area contributed by atoms with E-state index in [2.05, 4.69) is 10.3 Å². The Balaban J connectivity index is 1.39. The maximum Gasteiger partial charge on any atom is 0.268 e. The highest BCUT2D eigenvalue weighted by molar-refractivity contribution is 7.90. The number of rotatable bonds is 10. The summed E-state index contributed by atoms with van der Waals surface area (Å²) in [5, 5.41) is 8.67. The van der Waals surface area contributed by atoms with Crippen molar-refractivity contribution in [1.82, 2.24) is 23.3 Å². The number of hydrogen-bond acceptors (Lipinski definition) is 6. The minimum atomic E-state index is -4.14. The molecule has 0 N–H and O–H groups in total. The van der Waals surface area contributed by atoms with E-state index in [9.17, 15) is 25.6 Å². The number of halogens is 2. The smallest absolute Gasteiger partial charge is 0.248 e. The minimum Gasteiger partial charge on any atom is -0.248 e. The first-order valence-corrected chi connectivity index (χ1v) is 16.7. The van der Waals surface area contributed by atoms with Crippen LogP contribution in [0.4, 0.5) is 8.78 Å². The summed E-state index contributed by atoms with van der Waals surface area (Å²) in [4.78, 5) is 0.135. The molecule has 0 saturated heterocycles.